The molecule has 0 bridgehead atoms. The molecule has 1 aromatic carbocycles. The number of halogens is 4. The minimum absolute atomic E-state index is 0.0118. The Bertz CT molecular complexity index is 563. The van der Waals surface area contributed by atoms with Crippen LogP contribution < -0.4 is 0 Å². The lowest BCUT2D eigenvalue weighted by Gasteiger charge is -2.02. The maximum atomic E-state index is 12.7. The van der Waals surface area contributed by atoms with Crippen LogP contribution in [-0.2, 0) is 10.6 Å². The molecule has 0 N–H and O–H groups in total. The second-order valence-electron chi connectivity index (χ2n) is 3.80. The third-order valence-electron chi connectivity index (χ3n) is 2.35. The van der Waals surface area contributed by atoms with Crippen molar-refractivity contribution in [2.24, 2.45) is 0 Å². The molecule has 0 aliphatic carbocycles. The molecule has 0 atom stereocenters. The summed E-state index contributed by atoms with van der Waals surface area (Å²) in [5.74, 6) is -0.994. The maximum Gasteiger partial charge on any atom is 0.451 e. The van der Waals surface area contributed by atoms with Crippen LogP contribution in [0.5, 0.6) is 0 Å². The number of hydrogen-bond donors (Lipinski definition) is 0. The van der Waals surface area contributed by atoms with E-state index in [-0.39, 0.29) is 16.0 Å². The number of benzene rings is 1. The molecule has 18 heavy (non-hydrogen) atoms. The van der Waals surface area contributed by atoms with E-state index < -0.39 is 11.9 Å². The molecule has 0 amide bonds. The molecule has 0 fully saturated rings. The van der Waals surface area contributed by atoms with Crippen LogP contribution in [0.3, 0.4) is 0 Å². The predicted molar refractivity (Wildman–Crippen MR) is 69.4 cm³/mol. The van der Waals surface area contributed by atoms with Crippen molar-refractivity contribution in [2.75, 3.05) is 0 Å². The van der Waals surface area contributed by atoms with Crippen LogP contribution in [0.2, 0.25) is 0 Å². The first-order valence-electron chi connectivity index (χ1n) is 5.11. The Morgan fingerprint density at radius 2 is 2.06 bits per heavy atom. The van der Waals surface area contributed by atoms with Gasteiger partial charge in [0.2, 0.25) is 11.7 Å². The van der Waals surface area contributed by atoms with Gasteiger partial charge in [-0.15, -0.1) is 0 Å². The highest BCUT2D eigenvalue weighted by Crippen LogP contribution is 2.36. The van der Waals surface area contributed by atoms with Crippen molar-refractivity contribution in [2.45, 2.75) is 17.5 Å². The highest BCUT2D eigenvalue weighted by molar-refractivity contribution is 14.1. The summed E-state index contributed by atoms with van der Waals surface area (Å²) in [7, 11) is 0. The van der Waals surface area contributed by atoms with Gasteiger partial charge >= 0.3 is 6.18 Å². The van der Waals surface area contributed by atoms with E-state index >= 15 is 0 Å². The molecule has 2 rings (SSSR count). The minimum atomic E-state index is -4.50. The lowest BCUT2D eigenvalue weighted by molar-refractivity contribution is -0.153. The van der Waals surface area contributed by atoms with Crippen molar-refractivity contribution in [3.05, 3.63) is 41.3 Å². The standard InChI is InChI=1S/C12H9F3INO/c1-7-3-2-4-8(5-7)11-17-9(6-16)10(18-11)12(13,14)15/h2-5H,6H2,1H3. The van der Waals surface area contributed by atoms with Crippen molar-refractivity contribution in [1.29, 1.82) is 0 Å². The summed E-state index contributed by atoms with van der Waals surface area (Å²) in [5.41, 5.74) is 1.42. The van der Waals surface area contributed by atoms with Crippen LogP contribution in [0.4, 0.5) is 13.2 Å². The van der Waals surface area contributed by atoms with Gasteiger partial charge in [0.05, 0.1) is 0 Å². The van der Waals surface area contributed by atoms with E-state index in [9.17, 15) is 13.2 Å². The normalized spacial score (nSPS) is 11.8. The highest BCUT2D eigenvalue weighted by atomic mass is 127. The first kappa shape index (κ1) is 13.4. The van der Waals surface area contributed by atoms with Gasteiger partial charge in [-0.05, 0) is 19.1 Å². The average Bonchev–Trinajstić information content (AvgIpc) is 2.72. The number of oxazole rings is 1. The van der Waals surface area contributed by atoms with E-state index in [0.29, 0.717) is 5.56 Å². The van der Waals surface area contributed by atoms with Crippen molar-refractivity contribution in [3.63, 3.8) is 0 Å². The predicted octanol–water partition coefficient (Wildman–Crippen LogP) is 4.60. The van der Waals surface area contributed by atoms with E-state index in [2.05, 4.69) is 4.98 Å². The van der Waals surface area contributed by atoms with E-state index in [1.165, 1.54) is 0 Å². The number of hydrogen-bond acceptors (Lipinski definition) is 2. The van der Waals surface area contributed by atoms with Crippen LogP contribution in [-0.4, -0.2) is 4.98 Å². The summed E-state index contributed by atoms with van der Waals surface area (Å²) < 4.78 is 43.1. The smallest absolute Gasteiger partial charge is 0.431 e. The van der Waals surface area contributed by atoms with Crippen LogP contribution >= 0.6 is 22.6 Å². The van der Waals surface area contributed by atoms with E-state index in [4.69, 9.17) is 4.42 Å². The van der Waals surface area contributed by atoms with Gasteiger partial charge in [-0.1, -0.05) is 40.3 Å². The van der Waals surface area contributed by atoms with Gasteiger partial charge in [0, 0.05) is 9.99 Å². The second kappa shape index (κ2) is 4.91. The maximum absolute atomic E-state index is 12.7. The van der Waals surface area contributed by atoms with Crippen LogP contribution in [0, 0.1) is 6.92 Å². The first-order chi connectivity index (χ1) is 8.41. The molecule has 96 valence electrons. The molecular weight excluding hydrogens is 358 g/mol. The molecule has 0 unspecified atom stereocenters. The molecule has 1 aromatic heterocycles. The van der Waals surface area contributed by atoms with Gasteiger partial charge in [-0.2, -0.15) is 13.2 Å². The van der Waals surface area contributed by atoms with E-state index in [1.807, 2.05) is 35.6 Å². The van der Waals surface area contributed by atoms with Crippen LogP contribution in [0.1, 0.15) is 17.0 Å². The van der Waals surface area contributed by atoms with Gasteiger partial charge in [0.1, 0.15) is 5.69 Å². The highest BCUT2D eigenvalue weighted by Gasteiger charge is 2.39. The molecule has 2 aromatic rings. The zero-order valence-electron chi connectivity index (χ0n) is 9.38. The van der Waals surface area contributed by atoms with Crippen molar-refractivity contribution in [1.82, 2.24) is 4.98 Å². The van der Waals surface area contributed by atoms with E-state index in [1.54, 1.807) is 18.2 Å². The van der Waals surface area contributed by atoms with Gasteiger partial charge in [-0.25, -0.2) is 4.98 Å². The van der Waals surface area contributed by atoms with Gasteiger partial charge in [-0.3, -0.25) is 0 Å². The number of aryl methyl sites for hydroxylation is 1. The summed E-state index contributed by atoms with van der Waals surface area (Å²) in [4.78, 5) is 3.91. The Balaban J connectivity index is 2.51. The number of nitrogens with zero attached hydrogens (tertiary/aromatic N) is 1. The van der Waals surface area contributed by atoms with Crippen LogP contribution in [0.25, 0.3) is 11.5 Å². The molecule has 0 radical (unpaired) electrons. The third kappa shape index (κ3) is 2.68. The van der Waals surface area contributed by atoms with Crippen molar-refractivity contribution >= 4 is 22.6 Å². The van der Waals surface area contributed by atoms with Crippen LogP contribution in [0.15, 0.2) is 28.7 Å². The number of aromatic nitrogens is 1. The first-order valence-corrected chi connectivity index (χ1v) is 6.64. The zero-order chi connectivity index (χ0) is 13.3. The van der Waals surface area contributed by atoms with Gasteiger partial charge in [0.15, 0.2) is 0 Å². The molecule has 0 saturated heterocycles. The monoisotopic (exact) mass is 367 g/mol. The summed E-state index contributed by atoms with van der Waals surface area (Å²) >= 11 is 1.84. The fourth-order valence-electron chi connectivity index (χ4n) is 1.57. The molecule has 6 heteroatoms. The van der Waals surface area contributed by atoms with Gasteiger partial charge < -0.3 is 4.42 Å². The lowest BCUT2D eigenvalue weighted by atomic mass is 10.1. The average molecular weight is 367 g/mol. The SMILES string of the molecule is Cc1cccc(-c2nc(CI)c(C(F)(F)F)o2)c1. The minimum Gasteiger partial charge on any atom is -0.431 e. The summed E-state index contributed by atoms with van der Waals surface area (Å²) in [6, 6.07) is 7.03. The molecule has 2 nitrogen and oxygen atoms in total. The fraction of sp³-hybridized carbons (Fsp3) is 0.250. The molecule has 0 aliphatic rings. The largest absolute Gasteiger partial charge is 0.451 e. The number of rotatable bonds is 2. The fourth-order valence-corrected chi connectivity index (χ4v) is 2.08. The molecule has 0 saturated carbocycles. The van der Waals surface area contributed by atoms with Gasteiger partial charge in [0.25, 0.3) is 0 Å². The summed E-state index contributed by atoms with van der Waals surface area (Å²) in [6.07, 6.45) is -4.50. The Kier molecular flexibility index (Phi) is 3.65. The Hall–Kier alpha value is -1.05. The molecule has 1 heterocycles. The Labute approximate surface area is 115 Å². The van der Waals surface area contributed by atoms with Crippen molar-refractivity contribution in [3.8, 4) is 11.5 Å². The lowest BCUT2D eigenvalue weighted by Crippen LogP contribution is -2.05. The molecule has 0 spiro atoms. The zero-order valence-corrected chi connectivity index (χ0v) is 11.5. The molecule has 0 aliphatic heterocycles. The Morgan fingerprint density at radius 3 is 2.56 bits per heavy atom. The topological polar surface area (TPSA) is 26.0 Å². The summed E-state index contributed by atoms with van der Waals surface area (Å²) in [6.45, 7) is 1.86. The Morgan fingerprint density at radius 1 is 1.33 bits per heavy atom. The third-order valence-corrected chi connectivity index (χ3v) is 3.07. The number of alkyl halides is 4. The quantitative estimate of drug-likeness (QED) is 0.573. The second-order valence-corrected chi connectivity index (χ2v) is 4.56. The van der Waals surface area contributed by atoms with Crippen molar-refractivity contribution < 1.29 is 17.6 Å². The summed E-state index contributed by atoms with van der Waals surface area (Å²) in [5, 5.41) is 0. The molecular formula is C12H9F3INO. The van der Waals surface area contributed by atoms with E-state index in [0.717, 1.165) is 5.56 Å².